The zero-order chi connectivity index (χ0) is 24.7. The van der Waals surface area contributed by atoms with Gasteiger partial charge < -0.3 is 9.80 Å². The van der Waals surface area contributed by atoms with Crippen molar-refractivity contribution in [2.24, 2.45) is 0 Å². The van der Waals surface area contributed by atoms with Crippen LogP contribution in [-0.2, 0) is 0 Å². The van der Waals surface area contributed by atoms with Crippen LogP contribution in [0, 0.1) is 0 Å². The quantitative estimate of drug-likeness (QED) is 0.408. The molecule has 4 aromatic rings. The lowest BCUT2D eigenvalue weighted by molar-refractivity contribution is 0.0691. The van der Waals surface area contributed by atoms with Crippen molar-refractivity contribution in [1.29, 1.82) is 0 Å². The third kappa shape index (κ3) is 4.47. The van der Waals surface area contributed by atoms with E-state index < -0.39 is 0 Å². The van der Waals surface area contributed by atoms with Gasteiger partial charge in [-0.05, 0) is 43.2 Å². The Morgan fingerprint density at radius 2 is 1.91 bits per heavy atom. The Morgan fingerprint density at radius 3 is 2.60 bits per heavy atom. The number of hydrogen-bond acceptors (Lipinski definition) is 6. The standard InChI is InChI=1S/C23H20Cl3N7O2/c1-31(15-4-5-16(24)17(25)11-15)23-28-18-19(21(34)29-23)33(30-20(18)26)14-6-9-32(10-7-14)22(35)13-3-2-8-27-12-13/h2-5,8,11-12,14H,6-7,9-10H2,1H3,(H,28,29,34). The summed E-state index contributed by atoms with van der Waals surface area (Å²) < 4.78 is 1.64. The average Bonchev–Trinajstić information content (AvgIpc) is 3.22. The third-order valence-corrected chi connectivity index (χ3v) is 7.11. The maximum absolute atomic E-state index is 13.1. The number of fused-ring (bicyclic) bond motifs is 1. The minimum Gasteiger partial charge on any atom is -0.338 e. The first-order valence-corrected chi connectivity index (χ1v) is 12.0. The maximum atomic E-state index is 13.1. The van der Waals surface area contributed by atoms with Crippen molar-refractivity contribution in [3.05, 3.63) is 73.8 Å². The summed E-state index contributed by atoms with van der Waals surface area (Å²) in [4.78, 5) is 40.7. The van der Waals surface area contributed by atoms with Crippen LogP contribution in [0.4, 0.5) is 11.6 Å². The number of piperidine rings is 1. The zero-order valence-electron chi connectivity index (χ0n) is 18.6. The van der Waals surface area contributed by atoms with E-state index in [1.165, 1.54) is 0 Å². The molecule has 3 aromatic heterocycles. The Balaban J connectivity index is 1.40. The Hall–Kier alpha value is -3.14. The van der Waals surface area contributed by atoms with Gasteiger partial charge in [0, 0.05) is 38.2 Å². The van der Waals surface area contributed by atoms with Crippen molar-refractivity contribution < 1.29 is 4.79 Å². The SMILES string of the molecule is CN(c1ccc(Cl)c(Cl)c1)c1nc2c(Cl)nn(C3CCN(C(=O)c4cccnc4)CC3)c2c(=O)[nH]1. The van der Waals surface area contributed by atoms with Gasteiger partial charge in [0.15, 0.2) is 10.7 Å². The molecule has 35 heavy (non-hydrogen) atoms. The fourth-order valence-corrected chi connectivity index (χ4v) is 4.73. The van der Waals surface area contributed by atoms with Crippen LogP contribution in [0.2, 0.25) is 15.2 Å². The van der Waals surface area contributed by atoms with Crippen molar-refractivity contribution >= 4 is 63.4 Å². The molecular weight excluding hydrogens is 513 g/mol. The smallest absolute Gasteiger partial charge is 0.278 e. The Kier molecular flexibility index (Phi) is 6.39. The summed E-state index contributed by atoms with van der Waals surface area (Å²) in [7, 11) is 1.75. The zero-order valence-corrected chi connectivity index (χ0v) is 20.8. The van der Waals surface area contributed by atoms with Crippen molar-refractivity contribution in [3.8, 4) is 0 Å². The number of carbonyl (C=O) groups is 1. The number of benzene rings is 1. The molecule has 1 saturated heterocycles. The fourth-order valence-electron chi connectivity index (χ4n) is 4.23. The van der Waals surface area contributed by atoms with E-state index in [2.05, 4.69) is 20.1 Å². The number of nitrogens with zero attached hydrogens (tertiary/aromatic N) is 6. The van der Waals surface area contributed by atoms with Gasteiger partial charge in [0.05, 0.1) is 21.7 Å². The van der Waals surface area contributed by atoms with Crippen molar-refractivity contribution in [2.75, 3.05) is 25.0 Å². The van der Waals surface area contributed by atoms with Crippen LogP contribution in [0.1, 0.15) is 29.2 Å². The van der Waals surface area contributed by atoms with E-state index in [4.69, 9.17) is 34.8 Å². The largest absolute Gasteiger partial charge is 0.338 e. The molecule has 1 aliphatic rings. The average molecular weight is 533 g/mol. The molecule has 4 heterocycles. The number of aromatic amines is 1. The van der Waals surface area contributed by atoms with Crippen molar-refractivity contribution in [1.82, 2.24) is 29.6 Å². The van der Waals surface area contributed by atoms with Gasteiger partial charge in [0.2, 0.25) is 5.95 Å². The summed E-state index contributed by atoms with van der Waals surface area (Å²) in [5.41, 5.74) is 1.50. The van der Waals surface area contributed by atoms with Gasteiger partial charge >= 0.3 is 0 Å². The number of pyridine rings is 1. The number of hydrogen-bond donors (Lipinski definition) is 1. The van der Waals surface area contributed by atoms with E-state index in [0.717, 1.165) is 0 Å². The summed E-state index contributed by atoms with van der Waals surface area (Å²) in [5.74, 6) is 0.230. The normalized spacial score (nSPS) is 14.5. The first kappa shape index (κ1) is 23.6. The van der Waals surface area contributed by atoms with E-state index in [9.17, 15) is 9.59 Å². The van der Waals surface area contributed by atoms with Crippen LogP contribution >= 0.6 is 34.8 Å². The second kappa shape index (κ2) is 9.49. The molecule has 0 saturated carbocycles. The first-order chi connectivity index (χ1) is 16.8. The number of aromatic nitrogens is 5. The molecule has 180 valence electrons. The molecule has 0 spiro atoms. The minimum absolute atomic E-state index is 0.0607. The van der Waals surface area contributed by atoms with Crippen molar-refractivity contribution in [2.45, 2.75) is 18.9 Å². The Labute approximate surface area is 215 Å². The van der Waals surface area contributed by atoms with Gasteiger partial charge in [-0.1, -0.05) is 34.8 Å². The molecule has 1 aromatic carbocycles. The summed E-state index contributed by atoms with van der Waals surface area (Å²) in [6.07, 6.45) is 4.45. The molecule has 12 heteroatoms. The summed E-state index contributed by atoms with van der Waals surface area (Å²) in [6.45, 7) is 1.06. The van der Waals surface area contributed by atoms with Crippen LogP contribution in [0.15, 0.2) is 47.5 Å². The lowest BCUT2D eigenvalue weighted by Gasteiger charge is -2.32. The van der Waals surface area contributed by atoms with E-state index >= 15 is 0 Å². The molecule has 0 radical (unpaired) electrons. The fraction of sp³-hybridized carbons (Fsp3) is 0.261. The second-order valence-electron chi connectivity index (χ2n) is 8.24. The lowest BCUT2D eigenvalue weighted by atomic mass is 10.0. The summed E-state index contributed by atoms with van der Waals surface area (Å²) in [5, 5.41) is 5.39. The van der Waals surface area contributed by atoms with Crippen molar-refractivity contribution in [3.63, 3.8) is 0 Å². The van der Waals surface area contributed by atoms with Crippen LogP contribution in [0.5, 0.6) is 0 Å². The van der Waals surface area contributed by atoms with Gasteiger partial charge in [-0.15, -0.1) is 0 Å². The molecule has 1 N–H and O–H groups in total. The number of carbonyl (C=O) groups excluding carboxylic acids is 1. The van der Waals surface area contributed by atoms with Gasteiger partial charge in [-0.3, -0.25) is 24.2 Å². The van der Waals surface area contributed by atoms with Gasteiger partial charge in [-0.2, -0.15) is 5.10 Å². The lowest BCUT2D eigenvalue weighted by Crippen LogP contribution is -2.39. The minimum atomic E-state index is -0.356. The number of likely N-dealkylation sites (tertiary alicyclic amines) is 1. The van der Waals surface area contributed by atoms with E-state index in [-0.39, 0.29) is 22.7 Å². The molecule has 1 fully saturated rings. The molecule has 5 rings (SSSR count). The third-order valence-electron chi connectivity index (χ3n) is 6.12. The highest BCUT2D eigenvalue weighted by atomic mass is 35.5. The number of nitrogens with one attached hydrogen (secondary N) is 1. The number of H-pyrrole nitrogens is 1. The maximum Gasteiger partial charge on any atom is 0.278 e. The van der Waals surface area contributed by atoms with Crippen LogP contribution < -0.4 is 10.5 Å². The first-order valence-electron chi connectivity index (χ1n) is 10.9. The van der Waals surface area contributed by atoms with Gasteiger partial charge in [0.25, 0.3) is 11.5 Å². The Bertz CT molecular complexity index is 1460. The van der Waals surface area contributed by atoms with Gasteiger partial charge in [0.1, 0.15) is 5.52 Å². The van der Waals surface area contributed by atoms with Crippen LogP contribution in [0.3, 0.4) is 0 Å². The van der Waals surface area contributed by atoms with E-state index in [1.54, 1.807) is 64.3 Å². The molecule has 0 atom stereocenters. The summed E-state index contributed by atoms with van der Waals surface area (Å²) >= 11 is 18.6. The Morgan fingerprint density at radius 1 is 1.14 bits per heavy atom. The van der Waals surface area contributed by atoms with Crippen LogP contribution in [0.25, 0.3) is 11.0 Å². The topological polar surface area (TPSA) is 100 Å². The molecule has 0 bridgehead atoms. The molecule has 1 aliphatic heterocycles. The van der Waals surface area contributed by atoms with Crippen LogP contribution in [-0.4, -0.2) is 55.7 Å². The molecular formula is C23H20Cl3N7O2. The predicted molar refractivity (Wildman–Crippen MR) is 136 cm³/mol. The number of rotatable bonds is 4. The molecule has 0 aliphatic carbocycles. The van der Waals surface area contributed by atoms with E-state index in [0.29, 0.717) is 64.2 Å². The van der Waals surface area contributed by atoms with E-state index in [1.807, 2.05) is 0 Å². The highest BCUT2D eigenvalue weighted by Crippen LogP contribution is 2.31. The number of halogens is 3. The number of amides is 1. The highest BCUT2D eigenvalue weighted by Gasteiger charge is 2.28. The molecule has 9 nitrogen and oxygen atoms in total. The van der Waals surface area contributed by atoms with Gasteiger partial charge in [-0.25, -0.2) is 4.98 Å². The molecule has 0 unspecified atom stereocenters. The predicted octanol–water partition coefficient (Wildman–Crippen LogP) is 4.72. The number of anilines is 2. The molecule has 1 amide bonds. The summed E-state index contributed by atoms with van der Waals surface area (Å²) in [6, 6.07) is 8.51. The highest BCUT2D eigenvalue weighted by molar-refractivity contribution is 6.42. The monoisotopic (exact) mass is 531 g/mol. The second-order valence-corrected chi connectivity index (χ2v) is 9.42.